The number of hydrogen-bond acceptors (Lipinski definition) is 2. The van der Waals surface area contributed by atoms with Crippen molar-refractivity contribution in [1.29, 1.82) is 0 Å². The maximum atomic E-state index is 12.2. The van der Waals surface area contributed by atoms with Crippen molar-refractivity contribution in [1.82, 2.24) is 9.88 Å². The summed E-state index contributed by atoms with van der Waals surface area (Å²) >= 11 is 3.72. The monoisotopic (exact) mass is 410 g/mol. The van der Waals surface area contributed by atoms with Gasteiger partial charge in [0, 0.05) is 27.8 Å². The lowest BCUT2D eigenvalue weighted by molar-refractivity contribution is 0.226. The molecule has 0 bridgehead atoms. The zero-order valence-corrected chi connectivity index (χ0v) is 16.2. The highest BCUT2D eigenvalue weighted by Gasteiger charge is 2.19. The lowest BCUT2D eigenvalue weighted by Gasteiger charge is -2.29. The molecule has 1 aromatic heterocycles. The van der Waals surface area contributed by atoms with Gasteiger partial charge in [-0.15, -0.1) is 12.4 Å². The fourth-order valence-electron chi connectivity index (χ4n) is 4.02. The molecule has 0 amide bonds. The van der Waals surface area contributed by atoms with Gasteiger partial charge in [0.2, 0.25) is 0 Å². The number of likely N-dealkylation sites (tertiary alicyclic amines) is 1. The van der Waals surface area contributed by atoms with Crippen LogP contribution in [0.2, 0.25) is 0 Å². The zero-order chi connectivity index (χ0) is 15.8. The largest absolute Gasteiger partial charge is 0.322 e. The third-order valence-corrected chi connectivity index (χ3v) is 6.24. The van der Waals surface area contributed by atoms with E-state index in [2.05, 4.69) is 44.0 Å². The summed E-state index contributed by atoms with van der Waals surface area (Å²) in [6.45, 7) is 3.35. The van der Waals surface area contributed by atoms with Crippen LogP contribution in [0, 0.1) is 0 Å². The van der Waals surface area contributed by atoms with Gasteiger partial charge < -0.3 is 4.98 Å². The Balaban J connectivity index is 0.00000169. The zero-order valence-electron chi connectivity index (χ0n) is 13.8. The van der Waals surface area contributed by atoms with Gasteiger partial charge in [0.15, 0.2) is 0 Å². The van der Waals surface area contributed by atoms with Crippen molar-refractivity contribution in [2.75, 3.05) is 13.1 Å². The molecule has 0 spiro atoms. The Morgan fingerprint density at radius 2 is 1.83 bits per heavy atom. The first-order valence-electron chi connectivity index (χ1n) is 8.74. The van der Waals surface area contributed by atoms with Gasteiger partial charge in [0.05, 0.1) is 0 Å². The minimum absolute atomic E-state index is 0. The number of nitrogens with zero attached hydrogens (tertiary/aromatic N) is 1. The number of alkyl halides is 1. The average Bonchev–Trinajstić information content (AvgIpc) is 2.58. The Labute approximate surface area is 157 Å². The second-order valence-corrected chi connectivity index (χ2v) is 8.24. The number of fused-ring (bicyclic) bond motifs is 3. The van der Waals surface area contributed by atoms with E-state index in [1.54, 1.807) is 0 Å². The summed E-state index contributed by atoms with van der Waals surface area (Å²) in [5, 5.41) is 1.27. The van der Waals surface area contributed by atoms with Gasteiger partial charge in [-0.3, -0.25) is 9.69 Å². The summed E-state index contributed by atoms with van der Waals surface area (Å²) in [5.41, 5.74) is 4.82. The van der Waals surface area contributed by atoms with E-state index in [9.17, 15) is 4.79 Å². The summed E-state index contributed by atoms with van der Waals surface area (Å²) in [6, 6.07) is 6.58. The van der Waals surface area contributed by atoms with Crippen LogP contribution in [0.3, 0.4) is 0 Å². The number of hydrogen-bond donors (Lipinski definition) is 1. The van der Waals surface area contributed by atoms with Gasteiger partial charge in [0.25, 0.3) is 5.56 Å². The smallest absolute Gasteiger partial charge is 0.251 e. The SMILES string of the molecule is Cl.O=c1[nH]c2ccc(CN3CCC(Br)CC3)cc2c2c1CCCC2. The molecule has 0 unspecified atom stereocenters. The number of nitrogens with one attached hydrogen (secondary N) is 1. The highest BCUT2D eigenvalue weighted by atomic mass is 79.9. The molecule has 0 atom stereocenters. The van der Waals surface area contributed by atoms with Crippen LogP contribution in [0.15, 0.2) is 23.0 Å². The van der Waals surface area contributed by atoms with E-state index < -0.39 is 0 Å². The number of benzene rings is 1. The minimum atomic E-state index is 0. The fourth-order valence-corrected chi connectivity index (χ4v) is 4.43. The van der Waals surface area contributed by atoms with Crippen LogP contribution >= 0.6 is 28.3 Å². The predicted molar refractivity (Wildman–Crippen MR) is 106 cm³/mol. The molecule has 24 heavy (non-hydrogen) atoms. The van der Waals surface area contributed by atoms with E-state index in [1.807, 2.05) is 0 Å². The molecular weight excluding hydrogens is 388 g/mol. The number of aryl methyl sites for hydroxylation is 1. The number of aromatic nitrogens is 1. The van der Waals surface area contributed by atoms with E-state index in [-0.39, 0.29) is 18.0 Å². The molecule has 1 fully saturated rings. The summed E-state index contributed by atoms with van der Waals surface area (Å²) < 4.78 is 0. The first kappa shape index (κ1) is 18.0. The van der Waals surface area contributed by atoms with E-state index in [1.165, 1.54) is 35.8 Å². The topological polar surface area (TPSA) is 36.1 Å². The molecule has 5 heteroatoms. The van der Waals surface area contributed by atoms with Crippen molar-refractivity contribution in [2.24, 2.45) is 0 Å². The maximum Gasteiger partial charge on any atom is 0.251 e. The van der Waals surface area contributed by atoms with Gasteiger partial charge in [-0.2, -0.15) is 0 Å². The number of pyridine rings is 1. The molecule has 2 heterocycles. The fraction of sp³-hybridized carbons (Fsp3) is 0.526. The molecule has 1 aliphatic carbocycles. The van der Waals surface area contributed by atoms with Crippen molar-refractivity contribution in [3.63, 3.8) is 0 Å². The van der Waals surface area contributed by atoms with Gasteiger partial charge in [0.1, 0.15) is 0 Å². The number of halogens is 2. The lowest BCUT2D eigenvalue weighted by Crippen LogP contribution is -2.33. The van der Waals surface area contributed by atoms with Gasteiger partial charge >= 0.3 is 0 Å². The molecule has 2 aromatic rings. The summed E-state index contributed by atoms with van der Waals surface area (Å²) in [5.74, 6) is 0. The van der Waals surface area contributed by atoms with Crippen molar-refractivity contribution < 1.29 is 0 Å². The number of H-pyrrole nitrogens is 1. The second-order valence-electron chi connectivity index (χ2n) is 6.95. The van der Waals surface area contributed by atoms with Gasteiger partial charge in [-0.25, -0.2) is 0 Å². The molecular formula is C19H24BrClN2O. The van der Waals surface area contributed by atoms with E-state index in [0.29, 0.717) is 4.83 Å². The van der Waals surface area contributed by atoms with Gasteiger partial charge in [-0.1, -0.05) is 22.0 Å². The van der Waals surface area contributed by atoms with Crippen LogP contribution in [-0.4, -0.2) is 27.8 Å². The molecule has 3 nitrogen and oxygen atoms in total. The van der Waals surface area contributed by atoms with Crippen molar-refractivity contribution in [3.05, 3.63) is 45.2 Å². The van der Waals surface area contributed by atoms with Crippen molar-refractivity contribution in [2.45, 2.75) is 49.9 Å². The molecule has 1 aliphatic heterocycles. The predicted octanol–water partition coefficient (Wildman–Crippen LogP) is 4.19. The Morgan fingerprint density at radius 1 is 1.12 bits per heavy atom. The van der Waals surface area contributed by atoms with Crippen LogP contribution in [0.4, 0.5) is 0 Å². The summed E-state index contributed by atoms with van der Waals surface area (Å²) in [7, 11) is 0. The Kier molecular flexibility index (Phi) is 5.68. The Morgan fingerprint density at radius 3 is 2.58 bits per heavy atom. The Bertz CT molecular complexity index is 781. The second kappa shape index (κ2) is 7.59. The van der Waals surface area contributed by atoms with E-state index in [0.717, 1.165) is 50.0 Å². The Hall–Kier alpha value is -0.840. The van der Waals surface area contributed by atoms with Crippen LogP contribution in [0.5, 0.6) is 0 Å². The van der Waals surface area contributed by atoms with Crippen LogP contribution in [-0.2, 0) is 19.4 Å². The van der Waals surface area contributed by atoms with Crippen LogP contribution < -0.4 is 5.56 Å². The molecule has 2 aliphatic rings. The molecule has 130 valence electrons. The number of aromatic amines is 1. The standard InChI is InChI=1S/C19H23BrN2O.ClH/c20-14-7-9-22(10-8-14)12-13-5-6-18-17(11-13)15-3-1-2-4-16(15)19(23)21-18;/h5-6,11,14H,1-4,7-10,12H2,(H,21,23);1H. The minimum Gasteiger partial charge on any atom is -0.322 e. The summed E-state index contributed by atoms with van der Waals surface area (Å²) in [4.78, 5) is 18.5. The molecule has 1 aromatic carbocycles. The number of piperidine rings is 1. The summed E-state index contributed by atoms with van der Waals surface area (Å²) in [6.07, 6.45) is 6.79. The lowest BCUT2D eigenvalue weighted by atomic mass is 9.89. The normalized spacial score (nSPS) is 19.0. The first-order chi connectivity index (χ1) is 11.2. The van der Waals surface area contributed by atoms with Gasteiger partial charge in [-0.05, 0) is 74.9 Å². The molecule has 1 N–H and O–H groups in total. The van der Waals surface area contributed by atoms with E-state index in [4.69, 9.17) is 0 Å². The van der Waals surface area contributed by atoms with Crippen LogP contribution in [0.25, 0.3) is 10.9 Å². The first-order valence-corrected chi connectivity index (χ1v) is 9.65. The average molecular weight is 412 g/mol. The van der Waals surface area contributed by atoms with Crippen molar-refractivity contribution in [3.8, 4) is 0 Å². The van der Waals surface area contributed by atoms with Crippen molar-refractivity contribution >= 4 is 39.2 Å². The molecule has 0 radical (unpaired) electrons. The van der Waals surface area contributed by atoms with E-state index >= 15 is 0 Å². The van der Waals surface area contributed by atoms with Crippen LogP contribution in [0.1, 0.15) is 42.4 Å². The quantitative estimate of drug-likeness (QED) is 0.752. The molecule has 0 saturated carbocycles. The number of rotatable bonds is 2. The molecule has 4 rings (SSSR count). The maximum absolute atomic E-state index is 12.2. The molecule has 1 saturated heterocycles. The third-order valence-electron chi connectivity index (χ3n) is 5.32. The highest BCUT2D eigenvalue weighted by Crippen LogP contribution is 2.27. The highest BCUT2D eigenvalue weighted by molar-refractivity contribution is 9.09. The third kappa shape index (κ3) is 3.56.